The van der Waals surface area contributed by atoms with Gasteiger partial charge in [0.1, 0.15) is 5.82 Å². The maximum Gasteiger partial charge on any atom is 0.337 e. The summed E-state index contributed by atoms with van der Waals surface area (Å²) in [6.07, 6.45) is 5.93. The molecule has 2 aromatic rings. The highest BCUT2D eigenvalue weighted by molar-refractivity contribution is 5.96. The summed E-state index contributed by atoms with van der Waals surface area (Å²) in [6, 6.07) is 0. The number of carboxylic acids is 1. The van der Waals surface area contributed by atoms with E-state index in [0.29, 0.717) is 5.56 Å². The predicted molar refractivity (Wildman–Crippen MR) is 52.7 cm³/mol. The van der Waals surface area contributed by atoms with Crippen LogP contribution in [0.2, 0.25) is 0 Å². The molecule has 0 atom stereocenters. The van der Waals surface area contributed by atoms with E-state index in [4.69, 9.17) is 5.11 Å². The summed E-state index contributed by atoms with van der Waals surface area (Å²) in [5.74, 6) is -0.168. The zero-order valence-electron chi connectivity index (χ0n) is 7.90. The number of aromatic carboxylic acids is 1. The van der Waals surface area contributed by atoms with Crippen molar-refractivity contribution >= 4 is 5.97 Å². The van der Waals surface area contributed by atoms with Crippen LogP contribution in [0.3, 0.4) is 0 Å². The molecule has 0 amide bonds. The molecule has 15 heavy (non-hydrogen) atoms. The van der Waals surface area contributed by atoms with Crippen LogP contribution in [0.4, 0.5) is 0 Å². The molecule has 3 heterocycles. The fourth-order valence-corrected chi connectivity index (χ4v) is 2.04. The first kappa shape index (κ1) is 8.28. The minimum absolute atomic E-state index is 0.303. The molecule has 5 heteroatoms. The van der Waals surface area contributed by atoms with Crippen molar-refractivity contribution in [2.45, 2.75) is 13.0 Å². The quantitative estimate of drug-likeness (QED) is 0.729. The Morgan fingerprint density at radius 2 is 2.47 bits per heavy atom. The first-order valence-corrected chi connectivity index (χ1v) is 4.72. The number of H-pyrrole nitrogens is 1. The average Bonchev–Trinajstić information content (AvgIpc) is 2.82. The third-order valence-electron chi connectivity index (χ3n) is 2.73. The Kier molecular flexibility index (Phi) is 1.50. The minimum atomic E-state index is -0.913. The van der Waals surface area contributed by atoms with Crippen LogP contribution in [0, 0.1) is 0 Å². The Morgan fingerprint density at radius 3 is 3.27 bits per heavy atom. The molecule has 3 rings (SSSR count). The van der Waals surface area contributed by atoms with Crippen LogP contribution in [0.1, 0.15) is 16.1 Å². The number of rotatable bonds is 1. The first-order valence-electron chi connectivity index (χ1n) is 4.72. The van der Waals surface area contributed by atoms with Crippen LogP contribution in [0.15, 0.2) is 18.6 Å². The highest BCUT2D eigenvalue weighted by Crippen LogP contribution is 2.30. The third kappa shape index (κ3) is 1.03. The molecule has 1 aliphatic rings. The lowest BCUT2D eigenvalue weighted by molar-refractivity contribution is 0.0697. The molecule has 0 aromatic carbocycles. The van der Waals surface area contributed by atoms with E-state index in [1.807, 2.05) is 10.8 Å². The van der Waals surface area contributed by atoms with Crippen molar-refractivity contribution in [3.63, 3.8) is 0 Å². The van der Waals surface area contributed by atoms with Gasteiger partial charge in [0.05, 0.1) is 11.1 Å². The fourth-order valence-electron chi connectivity index (χ4n) is 2.04. The van der Waals surface area contributed by atoms with Crippen LogP contribution in [-0.4, -0.2) is 25.6 Å². The van der Waals surface area contributed by atoms with E-state index < -0.39 is 5.97 Å². The number of hydrogen-bond acceptors (Lipinski definition) is 2. The Hall–Kier alpha value is -2.04. The smallest absolute Gasteiger partial charge is 0.337 e. The molecule has 0 aliphatic carbocycles. The summed E-state index contributed by atoms with van der Waals surface area (Å²) in [4.78, 5) is 18.2. The van der Waals surface area contributed by atoms with Crippen molar-refractivity contribution < 1.29 is 9.90 Å². The predicted octanol–water partition coefficient (Wildman–Crippen LogP) is 1.13. The monoisotopic (exact) mass is 203 g/mol. The second kappa shape index (κ2) is 2.73. The maximum atomic E-state index is 11.0. The van der Waals surface area contributed by atoms with Gasteiger partial charge in [-0.2, -0.15) is 0 Å². The number of nitrogens with zero attached hydrogens (tertiary/aromatic N) is 2. The number of hydrogen-bond donors (Lipinski definition) is 2. The van der Waals surface area contributed by atoms with Crippen molar-refractivity contribution in [2.75, 3.05) is 0 Å². The van der Waals surface area contributed by atoms with Gasteiger partial charge in [0, 0.05) is 37.3 Å². The van der Waals surface area contributed by atoms with E-state index in [1.165, 1.54) is 6.20 Å². The van der Waals surface area contributed by atoms with Crippen molar-refractivity contribution in [1.29, 1.82) is 0 Å². The van der Waals surface area contributed by atoms with E-state index >= 15 is 0 Å². The van der Waals surface area contributed by atoms with Gasteiger partial charge in [-0.3, -0.25) is 0 Å². The number of carbonyl (C=O) groups is 1. The molecular formula is C10H9N3O2. The van der Waals surface area contributed by atoms with Gasteiger partial charge in [-0.25, -0.2) is 9.78 Å². The van der Waals surface area contributed by atoms with Gasteiger partial charge in [-0.15, -0.1) is 0 Å². The number of imidazole rings is 1. The lowest BCUT2D eigenvalue weighted by atomic mass is 10.1. The Morgan fingerprint density at radius 1 is 1.60 bits per heavy atom. The van der Waals surface area contributed by atoms with Gasteiger partial charge in [-0.1, -0.05) is 0 Å². The Labute approximate surface area is 85.4 Å². The summed E-state index contributed by atoms with van der Waals surface area (Å²) in [7, 11) is 0. The number of aryl methyl sites for hydroxylation is 2. The number of fused-ring (bicyclic) bond motifs is 3. The largest absolute Gasteiger partial charge is 0.478 e. The molecule has 0 radical (unpaired) electrons. The molecule has 0 saturated heterocycles. The van der Waals surface area contributed by atoms with E-state index in [-0.39, 0.29) is 0 Å². The lowest BCUT2D eigenvalue weighted by Gasteiger charge is -2.14. The number of carboxylic acid groups (broad SMARTS) is 1. The summed E-state index contributed by atoms with van der Waals surface area (Å²) in [5, 5.41) is 9.04. The molecule has 76 valence electrons. The zero-order chi connectivity index (χ0) is 10.4. The van der Waals surface area contributed by atoms with E-state index in [0.717, 1.165) is 30.0 Å². The van der Waals surface area contributed by atoms with Crippen molar-refractivity contribution in [1.82, 2.24) is 14.5 Å². The minimum Gasteiger partial charge on any atom is -0.478 e. The zero-order valence-corrected chi connectivity index (χ0v) is 7.90. The van der Waals surface area contributed by atoms with E-state index in [9.17, 15) is 4.79 Å². The van der Waals surface area contributed by atoms with Crippen LogP contribution >= 0.6 is 0 Å². The molecule has 0 fully saturated rings. The van der Waals surface area contributed by atoms with Crippen LogP contribution in [-0.2, 0) is 13.0 Å². The molecule has 0 saturated carbocycles. The summed E-state index contributed by atoms with van der Waals surface area (Å²) in [5.41, 5.74) is 2.00. The third-order valence-corrected chi connectivity index (χ3v) is 2.73. The van der Waals surface area contributed by atoms with Crippen LogP contribution in [0.5, 0.6) is 0 Å². The van der Waals surface area contributed by atoms with Crippen LogP contribution < -0.4 is 0 Å². The van der Waals surface area contributed by atoms with Gasteiger partial charge in [0.15, 0.2) is 0 Å². The van der Waals surface area contributed by atoms with E-state index in [1.54, 1.807) is 6.20 Å². The lowest BCUT2D eigenvalue weighted by Crippen LogP contribution is -2.11. The fraction of sp³-hybridized carbons (Fsp3) is 0.200. The van der Waals surface area contributed by atoms with Crippen LogP contribution in [0.25, 0.3) is 11.4 Å². The second-order valence-corrected chi connectivity index (χ2v) is 3.56. The highest BCUT2D eigenvalue weighted by atomic mass is 16.4. The summed E-state index contributed by atoms with van der Waals surface area (Å²) < 4.78 is 1.97. The normalized spacial score (nSPS) is 13.3. The van der Waals surface area contributed by atoms with Gasteiger partial charge in [-0.05, 0) is 0 Å². The van der Waals surface area contributed by atoms with Gasteiger partial charge < -0.3 is 14.7 Å². The maximum absolute atomic E-state index is 11.0. The standard InChI is InChI=1S/C10H9N3O2/c14-10(15)6-5-12-7-1-3-13-4-2-11-9(13)8(6)7/h2,4-5,12H,1,3H2,(H,14,15). The molecule has 5 nitrogen and oxygen atoms in total. The molecule has 2 aromatic heterocycles. The topological polar surface area (TPSA) is 70.9 Å². The van der Waals surface area contributed by atoms with Crippen molar-refractivity contribution in [3.8, 4) is 11.4 Å². The number of aromatic nitrogens is 3. The molecule has 0 bridgehead atoms. The van der Waals surface area contributed by atoms with Crippen molar-refractivity contribution in [3.05, 3.63) is 29.8 Å². The Balaban J connectivity index is 2.29. The summed E-state index contributed by atoms with van der Waals surface area (Å²) in [6.45, 7) is 0.849. The second-order valence-electron chi connectivity index (χ2n) is 3.56. The number of aromatic amines is 1. The SMILES string of the molecule is O=C(O)c1c[nH]c2c1-c1nccn1CC2. The van der Waals surface area contributed by atoms with E-state index in [2.05, 4.69) is 9.97 Å². The Bertz CT molecular complexity index is 539. The molecular weight excluding hydrogens is 194 g/mol. The van der Waals surface area contributed by atoms with Gasteiger partial charge in [0.2, 0.25) is 0 Å². The van der Waals surface area contributed by atoms with Gasteiger partial charge >= 0.3 is 5.97 Å². The van der Waals surface area contributed by atoms with Gasteiger partial charge in [0.25, 0.3) is 0 Å². The van der Waals surface area contributed by atoms with Crippen molar-refractivity contribution in [2.24, 2.45) is 0 Å². The first-order chi connectivity index (χ1) is 7.27. The molecule has 1 aliphatic heterocycles. The molecule has 0 spiro atoms. The highest BCUT2D eigenvalue weighted by Gasteiger charge is 2.24. The molecule has 2 N–H and O–H groups in total. The summed E-state index contributed by atoms with van der Waals surface area (Å²) >= 11 is 0. The molecule has 0 unspecified atom stereocenters. The average molecular weight is 203 g/mol. The number of nitrogens with one attached hydrogen (secondary N) is 1.